The average molecular weight is 420 g/mol. The number of sulfonamides is 1. The van der Waals surface area contributed by atoms with Gasteiger partial charge < -0.3 is 14.8 Å². The lowest BCUT2D eigenvalue weighted by molar-refractivity contribution is -0.144. The predicted molar refractivity (Wildman–Crippen MR) is 109 cm³/mol. The predicted octanol–water partition coefficient (Wildman–Crippen LogP) is 3.17. The van der Waals surface area contributed by atoms with Gasteiger partial charge in [0.2, 0.25) is 5.91 Å². The molecule has 0 aliphatic rings. The maximum atomic E-state index is 12.5. The molecule has 1 amide bonds. The molecular formula is C20H24N2O6S. The van der Waals surface area contributed by atoms with Gasteiger partial charge in [0.15, 0.2) is 0 Å². The molecule has 0 unspecified atom stereocenters. The number of ether oxygens (including phenoxy) is 2. The van der Waals surface area contributed by atoms with Crippen molar-refractivity contribution >= 4 is 33.3 Å². The van der Waals surface area contributed by atoms with Crippen LogP contribution in [0, 0.1) is 0 Å². The molecule has 8 nitrogen and oxygen atoms in total. The first-order chi connectivity index (χ1) is 13.8. The topological polar surface area (TPSA) is 111 Å². The molecule has 0 saturated carbocycles. The summed E-state index contributed by atoms with van der Waals surface area (Å²) in [5.74, 6) is -0.149. The average Bonchev–Trinajstić information content (AvgIpc) is 2.69. The number of carbonyl (C=O) groups is 2. The number of amides is 1. The molecule has 0 heterocycles. The maximum Gasteiger partial charge on any atom is 0.306 e. The molecule has 9 heteroatoms. The summed E-state index contributed by atoms with van der Waals surface area (Å²) in [4.78, 5) is 23.2. The highest BCUT2D eigenvalue weighted by atomic mass is 32.2. The fraction of sp³-hybridized carbons (Fsp3) is 0.300. The largest absolute Gasteiger partial charge is 0.494 e. The first-order valence-electron chi connectivity index (χ1n) is 9.15. The van der Waals surface area contributed by atoms with Gasteiger partial charge in [-0.05, 0) is 62.4 Å². The van der Waals surface area contributed by atoms with E-state index < -0.39 is 16.0 Å². The van der Waals surface area contributed by atoms with Gasteiger partial charge in [0.1, 0.15) is 5.75 Å². The van der Waals surface area contributed by atoms with Crippen LogP contribution in [-0.2, 0) is 24.3 Å². The third kappa shape index (κ3) is 7.11. The Balaban J connectivity index is 1.95. The monoisotopic (exact) mass is 420 g/mol. The van der Waals surface area contributed by atoms with E-state index in [-0.39, 0.29) is 30.3 Å². The van der Waals surface area contributed by atoms with Gasteiger partial charge in [-0.3, -0.25) is 14.3 Å². The first-order valence-corrected chi connectivity index (χ1v) is 10.6. The van der Waals surface area contributed by atoms with E-state index in [1.54, 1.807) is 31.2 Å². The molecule has 0 spiro atoms. The summed E-state index contributed by atoms with van der Waals surface area (Å²) in [6, 6.07) is 12.3. The number of esters is 1. The van der Waals surface area contributed by atoms with E-state index in [0.717, 1.165) is 0 Å². The number of hydrogen-bond acceptors (Lipinski definition) is 6. The molecule has 0 radical (unpaired) electrons. The second-order valence-electron chi connectivity index (χ2n) is 5.94. The van der Waals surface area contributed by atoms with Crippen molar-refractivity contribution in [1.29, 1.82) is 0 Å². The van der Waals surface area contributed by atoms with Gasteiger partial charge in [-0.1, -0.05) is 0 Å². The second kappa shape index (κ2) is 10.5. The summed E-state index contributed by atoms with van der Waals surface area (Å²) in [6.45, 7) is 4.35. The van der Waals surface area contributed by atoms with Gasteiger partial charge in [-0.2, -0.15) is 0 Å². The van der Waals surface area contributed by atoms with Crippen molar-refractivity contribution in [1.82, 2.24) is 0 Å². The molecule has 156 valence electrons. The molecule has 0 fully saturated rings. The zero-order valence-electron chi connectivity index (χ0n) is 16.3. The van der Waals surface area contributed by atoms with Gasteiger partial charge >= 0.3 is 5.97 Å². The van der Waals surface area contributed by atoms with Gasteiger partial charge in [0.05, 0.1) is 24.5 Å². The minimum absolute atomic E-state index is 0.0157. The summed E-state index contributed by atoms with van der Waals surface area (Å²) in [5.41, 5.74) is 0.837. The quantitative estimate of drug-likeness (QED) is 0.571. The van der Waals surface area contributed by atoms with Crippen molar-refractivity contribution in [3.05, 3.63) is 48.5 Å². The van der Waals surface area contributed by atoms with E-state index in [1.165, 1.54) is 24.3 Å². The lowest BCUT2D eigenvalue weighted by atomic mass is 10.2. The van der Waals surface area contributed by atoms with Gasteiger partial charge in [0, 0.05) is 17.8 Å². The molecular weight excluding hydrogens is 396 g/mol. The second-order valence-corrected chi connectivity index (χ2v) is 7.62. The standard InChI is InChI=1S/C20H24N2O6S/c1-3-27-17-9-5-16(6-10-17)22-29(25,26)18-11-7-15(8-12-18)21-19(23)13-14-20(24)28-4-2/h5-12,22H,3-4,13-14H2,1-2H3,(H,21,23). The summed E-state index contributed by atoms with van der Waals surface area (Å²) < 4.78 is 37.6. The number of rotatable bonds is 10. The summed E-state index contributed by atoms with van der Waals surface area (Å²) in [6.07, 6.45) is -0.0314. The van der Waals surface area contributed by atoms with Crippen LogP contribution in [-0.4, -0.2) is 33.5 Å². The summed E-state index contributed by atoms with van der Waals surface area (Å²) in [7, 11) is -3.78. The lowest BCUT2D eigenvalue weighted by Gasteiger charge is -2.10. The van der Waals surface area contributed by atoms with Crippen molar-refractivity contribution in [2.24, 2.45) is 0 Å². The molecule has 0 atom stereocenters. The molecule has 2 aromatic rings. The fourth-order valence-corrected chi connectivity index (χ4v) is 3.45. The number of hydrogen-bond donors (Lipinski definition) is 2. The normalized spacial score (nSPS) is 10.8. The van der Waals surface area contributed by atoms with Crippen LogP contribution >= 0.6 is 0 Å². The summed E-state index contributed by atoms with van der Waals surface area (Å²) in [5, 5.41) is 2.61. The molecule has 2 N–H and O–H groups in total. The fourth-order valence-electron chi connectivity index (χ4n) is 2.39. The highest BCUT2D eigenvalue weighted by Crippen LogP contribution is 2.21. The third-order valence-corrected chi connectivity index (χ3v) is 5.12. The number of carbonyl (C=O) groups excluding carboxylic acids is 2. The van der Waals surface area contributed by atoms with E-state index >= 15 is 0 Å². The van der Waals surface area contributed by atoms with E-state index in [2.05, 4.69) is 10.0 Å². The minimum atomic E-state index is -3.78. The Kier molecular flexibility index (Phi) is 8.02. The Morgan fingerprint density at radius 2 is 1.48 bits per heavy atom. The minimum Gasteiger partial charge on any atom is -0.494 e. The van der Waals surface area contributed by atoms with Crippen molar-refractivity contribution < 1.29 is 27.5 Å². The highest BCUT2D eigenvalue weighted by Gasteiger charge is 2.15. The van der Waals surface area contributed by atoms with Crippen LogP contribution in [0.4, 0.5) is 11.4 Å². The van der Waals surface area contributed by atoms with Gasteiger partial charge in [-0.25, -0.2) is 8.42 Å². The Hall–Kier alpha value is -3.07. The SMILES string of the molecule is CCOC(=O)CCC(=O)Nc1ccc(S(=O)(=O)Nc2ccc(OCC)cc2)cc1. The van der Waals surface area contributed by atoms with E-state index in [0.29, 0.717) is 23.7 Å². The third-order valence-electron chi connectivity index (χ3n) is 3.73. The Morgan fingerprint density at radius 3 is 2.07 bits per heavy atom. The van der Waals surface area contributed by atoms with E-state index in [9.17, 15) is 18.0 Å². The Bertz CT molecular complexity index is 924. The first kappa shape index (κ1) is 22.2. The highest BCUT2D eigenvalue weighted by molar-refractivity contribution is 7.92. The zero-order chi connectivity index (χ0) is 21.3. The van der Waals surface area contributed by atoms with Crippen LogP contribution in [0.15, 0.2) is 53.4 Å². The van der Waals surface area contributed by atoms with Crippen molar-refractivity contribution in [2.45, 2.75) is 31.6 Å². The van der Waals surface area contributed by atoms with Gasteiger partial charge in [-0.15, -0.1) is 0 Å². The van der Waals surface area contributed by atoms with Crippen LogP contribution in [0.5, 0.6) is 5.75 Å². The van der Waals surface area contributed by atoms with Crippen molar-refractivity contribution in [3.8, 4) is 5.75 Å². The van der Waals surface area contributed by atoms with Crippen LogP contribution in [0.25, 0.3) is 0 Å². The molecule has 0 aromatic heterocycles. The number of nitrogens with one attached hydrogen (secondary N) is 2. The molecule has 0 saturated heterocycles. The van der Waals surface area contributed by atoms with Crippen molar-refractivity contribution in [3.63, 3.8) is 0 Å². The van der Waals surface area contributed by atoms with E-state index in [4.69, 9.17) is 9.47 Å². The zero-order valence-corrected chi connectivity index (χ0v) is 17.1. The van der Waals surface area contributed by atoms with E-state index in [1.807, 2.05) is 6.92 Å². The maximum absolute atomic E-state index is 12.5. The molecule has 0 aliphatic heterocycles. The molecule has 29 heavy (non-hydrogen) atoms. The molecule has 0 bridgehead atoms. The summed E-state index contributed by atoms with van der Waals surface area (Å²) >= 11 is 0. The van der Waals surface area contributed by atoms with Gasteiger partial charge in [0.25, 0.3) is 10.0 Å². The molecule has 2 rings (SSSR count). The number of anilines is 2. The van der Waals surface area contributed by atoms with Crippen LogP contribution in [0.1, 0.15) is 26.7 Å². The molecule has 0 aliphatic carbocycles. The van der Waals surface area contributed by atoms with Crippen LogP contribution < -0.4 is 14.8 Å². The lowest BCUT2D eigenvalue weighted by Crippen LogP contribution is -2.15. The Labute approximate surface area is 170 Å². The number of benzene rings is 2. The molecule has 2 aromatic carbocycles. The van der Waals surface area contributed by atoms with Crippen LogP contribution in [0.3, 0.4) is 0 Å². The van der Waals surface area contributed by atoms with Crippen LogP contribution in [0.2, 0.25) is 0 Å². The van der Waals surface area contributed by atoms with Crippen molar-refractivity contribution in [2.75, 3.05) is 23.3 Å². The Morgan fingerprint density at radius 1 is 0.862 bits per heavy atom. The smallest absolute Gasteiger partial charge is 0.306 e.